The number of benzene rings is 1. The molecule has 3 heterocycles. The van der Waals surface area contributed by atoms with Crippen LogP contribution in [-0.4, -0.2) is 39.1 Å². The lowest BCUT2D eigenvalue weighted by Crippen LogP contribution is -2.18. The van der Waals surface area contributed by atoms with Crippen molar-refractivity contribution in [3.63, 3.8) is 0 Å². The van der Waals surface area contributed by atoms with Gasteiger partial charge in [-0.1, -0.05) is 36.9 Å². The van der Waals surface area contributed by atoms with Crippen molar-refractivity contribution in [3.8, 4) is 11.4 Å². The van der Waals surface area contributed by atoms with Crippen molar-refractivity contribution < 1.29 is 9.53 Å². The normalized spacial score (nSPS) is 16.0. The van der Waals surface area contributed by atoms with Gasteiger partial charge in [0.05, 0.1) is 18.4 Å². The van der Waals surface area contributed by atoms with E-state index in [1.165, 1.54) is 16.6 Å². The van der Waals surface area contributed by atoms with Gasteiger partial charge in [-0.3, -0.25) is 9.36 Å². The second-order valence-corrected chi connectivity index (χ2v) is 9.75. The monoisotopic (exact) mass is 456 g/mol. The van der Waals surface area contributed by atoms with Crippen molar-refractivity contribution in [1.82, 2.24) is 14.8 Å². The molecule has 164 valence electrons. The summed E-state index contributed by atoms with van der Waals surface area (Å²) in [5, 5.41) is 14.8. The summed E-state index contributed by atoms with van der Waals surface area (Å²) in [4.78, 5) is 14.0. The number of thioether (sulfide) groups is 1. The van der Waals surface area contributed by atoms with Crippen molar-refractivity contribution in [2.75, 3.05) is 17.7 Å². The van der Waals surface area contributed by atoms with Gasteiger partial charge in [-0.05, 0) is 50.3 Å². The number of rotatable bonds is 8. The highest BCUT2D eigenvalue weighted by molar-refractivity contribution is 7.99. The molecule has 1 N–H and O–H groups in total. The van der Waals surface area contributed by atoms with Gasteiger partial charge >= 0.3 is 0 Å². The molecule has 1 amide bonds. The number of nitrogens with one attached hydrogen (secondary N) is 1. The molecule has 1 unspecified atom stereocenters. The molecular weight excluding hydrogens is 428 g/mol. The predicted molar refractivity (Wildman–Crippen MR) is 127 cm³/mol. The second kappa shape index (κ2) is 9.97. The van der Waals surface area contributed by atoms with Gasteiger partial charge in [0.1, 0.15) is 0 Å². The fourth-order valence-corrected chi connectivity index (χ4v) is 5.33. The summed E-state index contributed by atoms with van der Waals surface area (Å²) < 4.78 is 7.99. The number of para-hydroxylation sites is 1. The van der Waals surface area contributed by atoms with E-state index in [4.69, 9.17) is 4.74 Å². The van der Waals surface area contributed by atoms with Gasteiger partial charge in [-0.2, -0.15) is 0 Å². The summed E-state index contributed by atoms with van der Waals surface area (Å²) in [5.41, 5.74) is 4.09. The molecular formula is C23H28N4O2S2. The van der Waals surface area contributed by atoms with Crippen LogP contribution in [0.4, 0.5) is 5.69 Å². The Hall–Kier alpha value is -2.16. The first-order valence-corrected chi connectivity index (χ1v) is 12.5. The Labute approximate surface area is 191 Å². The minimum absolute atomic E-state index is 0.0422. The van der Waals surface area contributed by atoms with Crippen LogP contribution in [0, 0.1) is 13.8 Å². The van der Waals surface area contributed by atoms with Crippen molar-refractivity contribution in [2.24, 2.45) is 0 Å². The van der Waals surface area contributed by atoms with Gasteiger partial charge in [0, 0.05) is 28.1 Å². The van der Waals surface area contributed by atoms with Crippen LogP contribution in [0.2, 0.25) is 0 Å². The summed E-state index contributed by atoms with van der Waals surface area (Å²) in [6.45, 7) is 7.68. The number of nitrogens with zero attached hydrogens (tertiary/aromatic N) is 3. The Morgan fingerprint density at radius 1 is 1.32 bits per heavy atom. The number of hydrogen-bond acceptors (Lipinski definition) is 6. The Balaban J connectivity index is 1.51. The van der Waals surface area contributed by atoms with Crippen LogP contribution in [0.15, 0.2) is 34.8 Å². The zero-order valence-corrected chi connectivity index (χ0v) is 19.8. The van der Waals surface area contributed by atoms with Gasteiger partial charge < -0.3 is 10.1 Å². The number of anilines is 1. The van der Waals surface area contributed by atoms with E-state index in [1.54, 1.807) is 11.3 Å². The second-order valence-electron chi connectivity index (χ2n) is 7.81. The van der Waals surface area contributed by atoms with E-state index in [9.17, 15) is 4.79 Å². The highest BCUT2D eigenvalue weighted by Gasteiger charge is 2.23. The maximum Gasteiger partial charge on any atom is 0.234 e. The maximum absolute atomic E-state index is 12.7. The van der Waals surface area contributed by atoms with Gasteiger partial charge in [0.15, 0.2) is 11.0 Å². The van der Waals surface area contributed by atoms with Crippen molar-refractivity contribution in [3.05, 3.63) is 45.6 Å². The standard InChI is InChI=1S/C23H28N4O2S2/c1-4-19-11-17(13-30-19)22-25-26-23(27(22)12-18-9-6-10-29-18)31-14-20(28)24-21-15(2)7-5-8-16(21)3/h5,7-8,11,13,18H,4,6,9-10,12,14H2,1-3H3,(H,24,28). The first kappa shape index (κ1) is 22.0. The molecule has 31 heavy (non-hydrogen) atoms. The largest absolute Gasteiger partial charge is 0.376 e. The lowest BCUT2D eigenvalue weighted by atomic mass is 10.1. The lowest BCUT2D eigenvalue weighted by molar-refractivity contribution is -0.113. The number of thiophene rings is 1. The van der Waals surface area contributed by atoms with E-state index in [-0.39, 0.29) is 17.8 Å². The van der Waals surface area contributed by atoms with Gasteiger partial charge in [0.25, 0.3) is 0 Å². The Kier molecular flexibility index (Phi) is 7.09. The van der Waals surface area contributed by atoms with Crippen LogP contribution in [0.25, 0.3) is 11.4 Å². The van der Waals surface area contributed by atoms with Gasteiger partial charge in [-0.15, -0.1) is 21.5 Å². The molecule has 6 nitrogen and oxygen atoms in total. The van der Waals surface area contributed by atoms with Crippen LogP contribution in [0.1, 0.15) is 35.8 Å². The molecule has 1 saturated heterocycles. The number of carbonyl (C=O) groups excluding carboxylic acids is 1. The van der Waals surface area contributed by atoms with Crippen molar-refractivity contribution >= 4 is 34.7 Å². The lowest BCUT2D eigenvalue weighted by Gasteiger charge is -2.14. The molecule has 1 atom stereocenters. The Morgan fingerprint density at radius 3 is 2.81 bits per heavy atom. The summed E-state index contributed by atoms with van der Waals surface area (Å²) in [6.07, 6.45) is 3.30. The average Bonchev–Trinajstić information content (AvgIpc) is 3.51. The highest BCUT2D eigenvalue weighted by Crippen LogP contribution is 2.30. The van der Waals surface area contributed by atoms with Gasteiger partial charge in [-0.25, -0.2) is 0 Å². The van der Waals surface area contributed by atoms with Crippen LogP contribution >= 0.6 is 23.1 Å². The smallest absolute Gasteiger partial charge is 0.234 e. The molecule has 1 aliphatic rings. The van der Waals surface area contributed by atoms with E-state index in [2.05, 4.69) is 38.5 Å². The molecule has 0 aliphatic carbocycles. The molecule has 1 aliphatic heterocycles. The molecule has 0 radical (unpaired) electrons. The molecule has 0 spiro atoms. The number of aryl methyl sites for hydroxylation is 3. The SMILES string of the molecule is CCc1cc(-c2nnc(SCC(=O)Nc3c(C)cccc3C)n2CC2CCCO2)cs1. The molecule has 1 aromatic carbocycles. The molecule has 8 heteroatoms. The summed E-state index contributed by atoms with van der Waals surface area (Å²) >= 11 is 3.17. The summed E-state index contributed by atoms with van der Waals surface area (Å²) in [6, 6.07) is 8.19. The van der Waals surface area contributed by atoms with E-state index in [0.717, 1.165) is 59.2 Å². The van der Waals surface area contributed by atoms with Crippen molar-refractivity contribution in [2.45, 2.75) is 57.8 Å². The molecule has 1 fully saturated rings. The molecule has 4 rings (SSSR count). The zero-order valence-electron chi connectivity index (χ0n) is 18.2. The first-order valence-electron chi connectivity index (χ1n) is 10.7. The molecule has 3 aromatic rings. The minimum Gasteiger partial charge on any atom is -0.376 e. The topological polar surface area (TPSA) is 69.0 Å². The van der Waals surface area contributed by atoms with E-state index in [1.807, 2.05) is 32.0 Å². The van der Waals surface area contributed by atoms with E-state index < -0.39 is 0 Å². The van der Waals surface area contributed by atoms with Crippen LogP contribution in [-0.2, 0) is 22.5 Å². The minimum atomic E-state index is -0.0422. The number of amides is 1. The predicted octanol–water partition coefficient (Wildman–Crippen LogP) is 5.10. The quantitative estimate of drug-likeness (QED) is 0.478. The number of hydrogen-bond donors (Lipinski definition) is 1. The summed E-state index contributed by atoms with van der Waals surface area (Å²) in [7, 11) is 0. The molecule has 0 saturated carbocycles. The first-order chi connectivity index (χ1) is 15.0. The average molecular weight is 457 g/mol. The van der Waals surface area contributed by atoms with E-state index in [0.29, 0.717) is 6.54 Å². The molecule has 0 bridgehead atoms. The highest BCUT2D eigenvalue weighted by atomic mass is 32.2. The van der Waals surface area contributed by atoms with Gasteiger partial charge in [0.2, 0.25) is 5.91 Å². The van der Waals surface area contributed by atoms with Crippen molar-refractivity contribution in [1.29, 1.82) is 0 Å². The Bertz CT molecular complexity index is 1030. The maximum atomic E-state index is 12.7. The van der Waals surface area contributed by atoms with Crippen LogP contribution in [0.5, 0.6) is 0 Å². The van der Waals surface area contributed by atoms with E-state index >= 15 is 0 Å². The third-order valence-electron chi connectivity index (χ3n) is 5.47. The third kappa shape index (κ3) is 5.19. The van der Waals surface area contributed by atoms with Crippen LogP contribution in [0.3, 0.4) is 0 Å². The fourth-order valence-electron chi connectivity index (χ4n) is 3.77. The third-order valence-corrected chi connectivity index (χ3v) is 7.51. The number of aromatic nitrogens is 3. The zero-order chi connectivity index (χ0) is 21.8. The number of carbonyl (C=O) groups is 1. The van der Waals surface area contributed by atoms with Crippen LogP contribution < -0.4 is 5.32 Å². The number of ether oxygens (including phenoxy) is 1. The molecule has 2 aromatic heterocycles. The Morgan fingerprint density at radius 2 is 2.13 bits per heavy atom. The summed E-state index contributed by atoms with van der Waals surface area (Å²) in [5.74, 6) is 1.09. The fraction of sp³-hybridized carbons (Fsp3) is 0.435.